The Kier molecular flexibility index (Phi) is 9.79. The first kappa shape index (κ1) is 36.7. The van der Waals surface area contributed by atoms with E-state index in [2.05, 4.69) is 36.2 Å². The molecule has 0 radical (unpaired) electrons. The predicted molar refractivity (Wildman–Crippen MR) is 204 cm³/mol. The lowest BCUT2D eigenvalue weighted by atomic mass is 9.73. The Balaban J connectivity index is 1.19. The summed E-state index contributed by atoms with van der Waals surface area (Å²) in [5, 5.41) is 2.65. The summed E-state index contributed by atoms with van der Waals surface area (Å²) in [6.07, 6.45) is 6.08. The average Bonchev–Trinajstić information content (AvgIpc) is 3.67. The second-order valence-electron chi connectivity index (χ2n) is 16.1. The van der Waals surface area contributed by atoms with E-state index < -0.39 is 17.7 Å². The maximum Gasteiger partial charge on any atom is 0.251 e. The molecule has 3 aliphatic heterocycles. The summed E-state index contributed by atoms with van der Waals surface area (Å²) in [7, 11) is 1.56. The van der Waals surface area contributed by atoms with E-state index in [1.807, 2.05) is 21.6 Å². The minimum atomic E-state index is -2.41. The van der Waals surface area contributed by atoms with Crippen LogP contribution in [0, 0.1) is 12.7 Å². The Morgan fingerprint density at radius 1 is 1.00 bits per heavy atom. The Bertz CT molecular complexity index is 2080. The molecule has 2 aromatic carbocycles. The van der Waals surface area contributed by atoms with Crippen LogP contribution in [0.3, 0.4) is 0 Å². The Morgan fingerprint density at radius 3 is 2.43 bits per heavy atom. The summed E-state index contributed by atoms with van der Waals surface area (Å²) in [4.78, 5) is 43.8. The van der Waals surface area contributed by atoms with Crippen molar-refractivity contribution in [1.82, 2.24) is 29.7 Å². The van der Waals surface area contributed by atoms with Gasteiger partial charge in [-0.15, -0.1) is 0 Å². The SMILES string of the molecule is CNC(=O)c1cc(Cc2nc(-c3ccc4c(c3)N(C3CC(N5CCCCC5)C3)C(=O)C43CCN(CC(F)F)CC3)cc3ncn(C(C)C)c23)c(F)cc1C. The quantitative estimate of drug-likeness (QED) is 0.198. The topological polar surface area (TPSA) is 86.6 Å². The molecular weight excluding hydrogens is 692 g/mol. The van der Waals surface area contributed by atoms with Gasteiger partial charge in [0.1, 0.15) is 5.82 Å². The number of nitrogens with one attached hydrogen (secondary N) is 1. The number of piperidine rings is 2. The first-order valence-corrected chi connectivity index (χ1v) is 19.6. The van der Waals surface area contributed by atoms with E-state index in [4.69, 9.17) is 9.97 Å². The van der Waals surface area contributed by atoms with E-state index in [-0.39, 0.29) is 36.9 Å². The molecule has 3 fully saturated rings. The van der Waals surface area contributed by atoms with Crippen molar-refractivity contribution in [3.63, 3.8) is 0 Å². The number of nitrogens with zero attached hydrogens (tertiary/aromatic N) is 6. The third kappa shape index (κ3) is 6.38. The van der Waals surface area contributed by atoms with Gasteiger partial charge in [-0.2, -0.15) is 0 Å². The summed E-state index contributed by atoms with van der Waals surface area (Å²) in [5.74, 6) is -0.595. The fourth-order valence-corrected chi connectivity index (χ4v) is 9.47. The lowest BCUT2D eigenvalue weighted by Gasteiger charge is -2.48. The van der Waals surface area contributed by atoms with Crippen molar-refractivity contribution in [2.24, 2.45) is 0 Å². The van der Waals surface area contributed by atoms with Crippen LogP contribution in [0.2, 0.25) is 0 Å². The van der Waals surface area contributed by atoms with Gasteiger partial charge in [-0.05, 0) is 126 Å². The molecule has 9 nitrogen and oxygen atoms in total. The molecule has 2 amide bonds. The molecule has 2 aromatic heterocycles. The number of anilines is 1. The molecule has 0 unspecified atom stereocenters. The standard InChI is InChI=1S/C42H50F3N7O2/c1-25(2)51-24-47-35-22-34(48-36(39(35)51)18-28-17-31(40(53)46-4)26(3)16-33(28)43)27-8-9-32-37(19-27)52(30-20-29(21-30)50-12-6-5-7-13-50)41(54)42(32)10-14-49(15-11-42)23-38(44)45/h8-9,16-17,19,22,24-25,29-30,38H,5-7,10-15,18,20-21,23H2,1-4H3,(H,46,53). The van der Waals surface area contributed by atoms with Gasteiger partial charge in [-0.3, -0.25) is 19.5 Å². The van der Waals surface area contributed by atoms with Crippen LogP contribution in [0.15, 0.2) is 42.7 Å². The molecule has 5 heterocycles. The molecule has 8 rings (SSSR count). The molecule has 1 saturated carbocycles. The first-order valence-electron chi connectivity index (χ1n) is 19.6. The maximum atomic E-state index is 15.6. The lowest BCUT2D eigenvalue weighted by molar-refractivity contribution is -0.126. The Morgan fingerprint density at radius 2 is 1.74 bits per heavy atom. The number of fused-ring (bicyclic) bond motifs is 3. The zero-order valence-corrected chi connectivity index (χ0v) is 31.7. The van der Waals surface area contributed by atoms with Crippen molar-refractivity contribution in [1.29, 1.82) is 0 Å². The average molecular weight is 742 g/mol. The van der Waals surface area contributed by atoms with E-state index in [0.717, 1.165) is 53.8 Å². The fourth-order valence-electron chi connectivity index (χ4n) is 9.47. The van der Waals surface area contributed by atoms with Gasteiger partial charge in [-0.25, -0.2) is 18.2 Å². The smallest absolute Gasteiger partial charge is 0.251 e. The van der Waals surface area contributed by atoms with Crippen LogP contribution in [0.1, 0.15) is 97.6 Å². The summed E-state index contributed by atoms with van der Waals surface area (Å²) in [6.45, 7) is 8.68. The number of aryl methyl sites for hydroxylation is 1. The van der Waals surface area contributed by atoms with Gasteiger partial charge in [0, 0.05) is 48.4 Å². The number of rotatable bonds is 9. The van der Waals surface area contributed by atoms with E-state index in [1.54, 1.807) is 31.3 Å². The number of carbonyl (C=O) groups is 2. The number of imidazole rings is 1. The summed E-state index contributed by atoms with van der Waals surface area (Å²) in [6, 6.07) is 11.7. The number of hydrogen-bond acceptors (Lipinski definition) is 6. The van der Waals surface area contributed by atoms with Gasteiger partial charge in [0.05, 0.1) is 40.7 Å². The molecule has 4 aromatic rings. The van der Waals surface area contributed by atoms with Crippen LogP contribution in [0.5, 0.6) is 0 Å². The van der Waals surface area contributed by atoms with Crippen LogP contribution in [0.4, 0.5) is 18.9 Å². The number of likely N-dealkylation sites (tertiary alicyclic amines) is 2. The van der Waals surface area contributed by atoms with E-state index >= 15 is 4.39 Å². The lowest BCUT2D eigenvalue weighted by Crippen LogP contribution is -2.58. The number of amides is 2. The van der Waals surface area contributed by atoms with Crippen LogP contribution in [-0.4, -0.2) is 94.4 Å². The minimum Gasteiger partial charge on any atom is -0.355 e. The van der Waals surface area contributed by atoms with Crippen molar-refractivity contribution in [3.8, 4) is 11.3 Å². The Labute approximate surface area is 314 Å². The molecule has 0 atom stereocenters. The molecule has 1 spiro atoms. The molecule has 1 N–H and O–H groups in total. The maximum absolute atomic E-state index is 15.6. The molecule has 2 saturated heterocycles. The normalized spacial score (nSPS) is 21.7. The number of hydrogen-bond donors (Lipinski definition) is 1. The highest BCUT2D eigenvalue weighted by Crippen LogP contribution is 2.52. The first-order chi connectivity index (χ1) is 26.0. The van der Waals surface area contributed by atoms with Crippen molar-refractivity contribution in [3.05, 3.63) is 76.5 Å². The van der Waals surface area contributed by atoms with Crippen molar-refractivity contribution < 1.29 is 22.8 Å². The van der Waals surface area contributed by atoms with E-state index in [9.17, 15) is 18.4 Å². The summed E-state index contributed by atoms with van der Waals surface area (Å²) >= 11 is 0. The second kappa shape index (κ2) is 14.4. The van der Waals surface area contributed by atoms with E-state index in [0.29, 0.717) is 60.1 Å². The Hall–Kier alpha value is -4.29. The third-order valence-electron chi connectivity index (χ3n) is 12.6. The third-order valence-corrected chi connectivity index (χ3v) is 12.6. The predicted octanol–water partition coefficient (Wildman–Crippen LogP) is 7.04. The van der Waals surface area contributed by atoms with Gasteiger partial charge >= 0.3 is 0 Å². The summed E-state index contributed by atoms with van der Waals surface area (Å²) < 4.78 is 44.3. The van der Waals surface area contributed by atoms with Gasteiger partial charge in [0.2, 0.25) is 5.91 Å². The van der Waals surface area contributed by atoms with Crippen LogP contribution < -0.4 is 10.2 Å². The highest BCUT2D eigenvalue weighted by molar-refractivity contribution is 6.09. The van der Waals surface area contributed by atoms with Gasteiger partial charge in [0.25, 0.3) is 12.3 Å². The van der Waals surface area contributed by atoms with Crippen molar-refractivity contribution in [2.75, 3.05) is 44.7 Å². The van der Waals surface area contributed by atoms with E-state index in [1.165, 1.54) is 25.3 Å². The molecule has 1 aliphatic carbocycles. The minimum absolute atomic E-state index is 0.0728. The highest BCUT2D eigenvalue weighted by Gasteiger charge is 2.55. The number of halogens is 3. The molecular formula is C42H50F3N7O2. The molecule has 286 valence electrons. The summed E-state index contributed by atoms with van der Waals surface area (Å²) in [5.41, 5.74) is 6.10. The molecule has 12 heteroatoms. The zero-order valence-electron chi connectivity index (χ0n) is 31.7. The number of alkyl halides is 2. The highest BCUT2D eigenvalue weighted by atomic mass is 19.3. The fraction of sp³-hybridized carbons (Fsp3) is 0.524. The van der Waals surface area contributed by atoms with Gasteiger partial charge < -0.3 is 19.7 Å². The molecule has 0 bridgehead atoms. The van der Waals surface area contributed by atoms with Gasteiger partial charge in [0.15, 0.2) is 0 Å². The largest absolute Gasteiger partial charge is 0.355 e. The molecule has 54 heavy (non-hydrogen) atoms. The van der Waals surface area contributed by atoms with Crippen molar-refractivity contribution >= 4 is 28.5 Å². The van der Waals surface area contributed by atoms with Gasteiger partial charge in [-0.1, -0.05) is 18.6 Å². The van der Waals surface area contributed by atoms with Crippen LogP contribution >= 0.6 is 0 Å². The zero-order chi connectivity index (χ0) is 37.9. The van der Waals surface area contributed by atoms with Crippen LogP contribution in [-0.2, 0) is 16.6 Å². The number of carbonyl (C=O) groups excluding carboxylic acids is 2. The molecule has 4 aliphatic rings. The second-order valence-corrected chi connectivity index (χ2v) is 16.1. The number of benzene rings is 2. The van der Waals surface area contributed by atoms with Crippen LogP contribution in [0.25, 0.3) is 22.3 Å². The monoisotopic (exact) mass is 741 g/mol. The van der Waals surface area contributed by atoms with Crippen molar-refractivity contribution in [2.45, 2.75) is 102 Å². The number of aromatic nitrogens is 3. The number of pyridine rings is 1.